The Balaban J connectivity index is 2.69. The number of hydrogen-bond donors (Lipinski definition) is 6. The highest BCUT2D eigenvalue weighted by Crippen LogP contribution is 2.26. The summed E-state index contributed by atoms with van der Waals surface area (Å²) in [6.07, 6.45) is 59.3. The predicted octanol–water partition coefficient (Wildman–Crippen LogP) is 15.6. The lowest BCUT2D eigenvalue weighted by molar-refractivity contribution is -0.305. The van der Waals surface area contributed by atoms with E-state index in [0.29, 0.717) is 12.8 Å². The van der Waals surface area contributed by atoms with Crippen molar-refractivity contribution in [3.05, 3.63) is 72.9 Å². The summed E-state index contributed by atoms with van der Waals surface area (Å²) in [6.45, 7) is 5.74. The zero-order chi connectivity index (χ0) is 56.8. The van der Waals surface area contributed by atoms with Crippen LogP contribution in [0.2, 0.25) is 0 Å². The number of nitrogens with one attached hydrogen (secondary N) is 1. The highest BCUT2D eigenvalue weighted by atomic mass is 16.7. The Morgan fingerprint density at radius 1 is 0.500 bits per heavy atom. The summed E-state index contributed by atoms with van der Waals surface area (Å²) >= 11 is 0. The van der Waals surface area contributed by atoms with Crippen molar-refractivity contribution >= 4 is 11.9 Å². The number of allylic oxidation sites excluding steroid dienone is 11. The fraction of sp³-hybridized carbons (Fsp3) is 0.791. The molecule has 1 rings (SSSR count). The van der Waals surface area contributed by atoms with Crippen LogP contribution in [0.15, 0.2) is 72.9 Å². The molecule has 0 spiro atoms. The largest absolute Gasteiger partial charge is 0.454 e. The van der Waals surface area contributed by atoms with Crippen molar-refractivity contribution in [2.75, 3.05) is 13.2 Å². The first-order valence-electron chi connectivity index (χ1n) is 32.2. The lowest BCUT2D eigenvalue weighted by Gasteiger charge is -2.41. The molecule has 0 radical (unpaired) electrons. The van der Waals surface area contributed by atoms with Gasteiger partial charge < -0.3 is 45.1 Å². The molecule has 0 saturated carbocycles. The van der Waals surface area contributed by atoms with Crippen molar-refractivity contribution in [2.24, 2.45) is 0 Å². The van der Waals surface area contributed by atoms with E-state index in [1.165, 1.54) is 154 Å². The maximum absolute atomic E-state index is 13.4. The van der Waals surface area contributed by atoms with Gasteiger partial charge >= 0.3 is 5.97 Å². The smallest absolute Gasteiger partial charge is 0.306 e. The minimum atomic E-state index is -1.62. The molecule has 1 saturated heterocycles. The van der Waals surface area contributed by atoms with Gasteiger partial charge in [0.25, 0.3) is 0 Å². The molecule has 1 aliphatic rings. The van der Waals surface area contributed by atoms with Crippen LogP contribution in [0.5, 0.6) is 0 Å². The quantitative estimate of drug-likeness (QED) is 0.0195. The maximum Gasteiger partial charge on any atom is 0.306 e. The van der Waals surface area contributed by atoms with Crippen molar-refractivity contribution in [1.29, 1.82) is 0 Å². The molecule has 0 aromatic rings. The minimum Gasteiger partial charge on any atom is -0.454 e. The first kappa shape index (κ1) is 73.1. The summed E-state index contributed by atoms with van der Waals surface area (Å²) in [5.74, 6) is -1.23. The number of unbranched alkanes of at least 4 members (excludes halogenated alkanes) is 30. The van der Waals surface area contributed by atoms with Gasteiger partial charge in [0.2, 0.25) is 5.91 Å². The normalized spacial score (nSPS) is 19.4. The maximum atomic E-state index is 13.4. The second-order valence-electron chi connectivity index (χ2n) is 22.1. The van der Waals surface area contributed by atoms with Crippen molar-refractivity contribution in [2.45, 2.75) is 327 Å². The van der Waals surface area contributed by atoms with E-state index in [4.69, 9.17) is 14.2 Å². The number of hydrogen-bond acceptors (Lipinski definition) is 10. The first-order chi connectivity index (χ1) is 38.2. The number of aliphatic hydroxyl groups is 5. The molecule has 0 aromatic heterocycles. The summed E-state index contributed by atoms with van der Waals surface area (Å²) in [7, 11) is 0. The van der Waals surface area contributed by atoms with Crippen LogP contribution in [0.25, 0.3) is 0 Å². The van der Waals surface area contributed by atoms with E-state index in [-0.39, 0.29) is 19.4 Å². The third kappa shape index (κ3) is 42.0. The van der Waals surface area contributed by atoms with E-state index in [0.717, 1.165) is 77.0 Å². The Morgan fingerprint density at radius 2 is 0.885 bits per heavy atom. The Kier molecular flexibility index (Phi) is 51.3. The molecular formula is C67H119NO10. The zero-order valence-electron chi connectivity index (χ0n) is 50.0. The summed E-state index contributed by atoms with van der Waals surface area (Å²) in [5.41, 5.74) is 0. The molecule has 8 atom stereocenters. The monoisotopic (exact) mass is 1100 g/mol. The van der Waals surface area contributed by atoms with Crippen LogP contribution in [0.4, 0.5) is 0 Å². The van der Waals surface area contributed by atoms with Crippen LogP contribution >= 0.6 is 0 Å². The molecule has 0 aliphatic carbocycles. The lowest BCUT2D eigenvalue weighted by Crippen LogP contribution is -2.61. The van der Waals surface area contributed by atoms with Crippen LogP contribution in [0, 0.1) is 0 Å². The number of ether oxygens (including phenoxy) is 3. The molecule has 78 heavy (non-hydrogen) atoms. The highest BCUT2D eigenvalue weighted by molar-refractivity contribution is 5.80. The number of esters is 1. The number of rotatable bonds is 54. The van der Waals surface area contributed by atoms with Crippen molar-refractivity contribution in [1.82, 2.24) is 5.32 Å². The molecule has 0 bridgehead atoms. The summed E-state index contributed by atoms with van der Waals surface area (Å²) < 4.78 is 17.6. The molecule has 6 N–H and O–H groups in total. The second kappa shape index (κ2) is 54.7. The standard InChI is InChI=1S/C67H119NO10/c1-4-7-10-13-16-19-22-25-27-29-31-33-35-37-40-43-46-49-52-55-62(72)78-65-64(74)63(73)61(56-69)77-67(65)76-57-58(59(70)53-50-47-44-41-38-24-21-18-15-12-9-6-3)68-66(75)60(71)54-51-48-45-42-39-36-34-32-30-28-26-23-20-17-14-11-8-5-2/h17,20,25-28,32,34,39,42,50,53,58-61,63-65,67,69-71,73-74H,4-16,18-19,21-24,29-31,33,35-38,40-41,43-49,51-52,54-57H2,1-3H3,(H,68,75)/b20-17-,27-25+,28-26-,34-32-,42-39-,53-50+. The molecule has 11 heteroatoms. The van der Waals surface area contributed by atoms with Gasteiger partial charge in [-0.25, -0.2) is 0 Å². The van der Waals surface area contributed by atoms with Gasteiger partial charge in [-0.3, -0.25) is 9.59 Å². The molecule has 1 aliphatic heterocycles. The average Bonchev–Trinajstić information content (AvgIpc) is 3.44. The first-order valence-corrected chi connectivity index (χ1v) is 32.2. The van der Waals surface area contributed by atoms with Crippen LogP contribution in [-0.2, 0) is 23.8 Å². The number of amides is 1. The number of aliphatic hydroxyl groups excluding tert-OH is 5. The van der Waals surface area contributed by atoms with Gasteiger partial charge in [0, 0.05) is 6.42 Å². The summed E-state index contributed by atoms with van der Waals surface area (Å²) in [5, 5.41) is 57.0. The van der Waals surface area contributed by atoms with Crippen molar-refractivity contribution < 1.29 is 49.3 Å². The van der Waals surface area contributed by atoms with Crippen LogP contribution in [0.3, 0.4) is 0 Å². The van der Waals surface area contributed by atoms with E-state index >= 15 is 0 Å². The molecule has 452 valence electrons. The molecular weight excluding hydrogens is 979 g/mol. The SMILES string of the molecule is CCCCC/C=C\C/C=C\C/C=C\C/C=C\CCCCC(O)C(=O)NC(COC1OC(CO)C(O)C(O)C1OC(=O)CCCCCCCCCCC/C=C/CCCCCCCC)C(O)/C=C/CCCCCCCCCCCC. The van der Waals surface area contributed by atoms with E-state index in [2.05, 4.69) is 86.8 Å². The van der Waals surface area contributed by atoms with Gasteiger partial charge in [-0.1, -0.05) is 248 Å². The molecule has 0 aromatic carbocycles. The van der Waals surface area contributed by atoms with Gasteiger partial charge in [-0.2, -0.15) is 0 Å². The van der Waals surface area contributed by atoms with E-state index in [1.54, 1.807) is 6.08 Å². The second-order valence-corrected chi connectivity index (χ2v) is 22.1. The number of carbonyl (C=O) groups excluding carboxylic acids is 2. The van der Waals surface area contributed by atoms with Gasteiger partial charge in [-0.15, -0.1) is 0 Å². The molecule has 11 nitrogen and oxygen atoms in total. The molecule has 1 heterocycles. The third-order valence-corrected chi connectivity index (χ3v) is 14.8. The molecule has 1 amide bonds. The van der Waals surface area contributed by atoms with Crippen molar-refractivity contribution in [3.8, 4) is 0 Å². The zero-order valence-corrected chi connectivity index (χ0v) is 50.0. The Morgan fingerprint density at radius 3 is 1.36 bits per heavy atom. The van der Waals surface area contributed by atoms with Crippen LogP contribution < -0.4 is 5.32 Å². The van der Waals surface area contributed by atoms with Crippen LogP contribution in [0.1, 0.15) is 278 Å². The molecule has 1 fully saturated rings. The average molecular weight is 1100 g/mol. The van der Waals surface area contributed by atoms with Crippen LogP contribution in [-0.4, -0.2) is 99.6 Å². The van der Waals surface area contributed by atoms with E-state index in [9.17, 15) is 35.1 Å². The summed E-state index contributed by atoms with van der Waals surface area (Å²) in [4.78, 5) is 26.6. The minimum absolute atomic E-state index is 0.116. The Hall–Kier alpha value is -2.90. The topological polar surface area (TPSA) is 175 Å². The third-order valence-electron chi connectivity index (χ3n) is 14.8. The summed E-state index contributed by atoms with van der Waals surface area (Å²) in [6, 6.07) is -1.04. The Labute approximate surface area is 477 Å². The fourth-order valence-electron chi connectivity index (χ4n) is 9.69. The van der Waals surface area contributed by atoms with Gasteiger partial charge in [-0.05, 0) is 96.3 Å². The van der Waals surface area contributed by atoms with E-state index < -0.39 is 67.4 Å². The van der Waals surface area contributed by atoms with E-state index in [1.807, 2.05) is 6.08 Å². The fourth-order valence-corrected chi connectivity index (χ4v) is 9.69. The lowest BCUT2D eigenvalue weighted by atomic mass is 9.99. The van der Waals surface area contributed by atoms with Gasteiger partial charge in [0.15, 0.2) is 12.4 Å². The van der Waals surface area contributed by atoms with Gasteiger partial charge in [0.1, 0.15) is 24.4 Å². The van der Waals surface area contributed by atoms with Crippen molar-refractivity contribution in [3.63, 3.8) is 0 Å². The molecule has 8 unspecified atom stereocenters. The predicted molar refractivity (Wildman–Crippen MR) is 324 cm³/mol. The highest BCUT2D eigenvalue weighted by Gasteiger charge is 2.47. The number of carbonyl (C=O) groups is 2. The Bertz CT molecular complexity index is 1540. The van der Waals surface area contributed by atoms with Gasteiger partial charge in [0.05, 0.1) is 25.4 Å².